The number of carbonyl (C=O) groups excluding carboxylic acids is 1. The van der Waals surface area contributed by atoms with Crippen molar-refractivity contribution in [2.75, 3.05) is 37.7 Å². The van der Waals surface area contributed by atoms with E-state index in [1.54, 1.807) is 0 Å². The second-order valence-corrected chi connectivity index (χ2v) is 9.27. The first-order valence-corrected chi connectivity index (χ1v) is 11.1. The number of nitrogens with zero attached hydrogens (tertiary/aromatic N) is 4. The number of carbonyl (C=O) groups is 1. The fourth-order valence-electron chi connectivity index (χ4n) is 4.84. The summed E-state index contributed by atoms with van der Waals surface area (Å²) in [5.74, 6) is 2.17. The Bertz CT molecular complexity index is 885. The number of rotatable bonds is 4. The van der Waals surface area contributed by atoms with Crippen LogP contribution in [0.25, 0.3) is 0 Å². The number of amides is 1. The van der Waals surface area contributed by atoms with E-state index >= 15 is 0 Å². The average molecular weight is 411 g/mol. The van der Waals surface area contributed by atoms with Gasteiger partial charge in [0.1, 0.15) is 5.60 Å². The van der Waals surface area contributed by atoms with Crippen LogP contribution in [0.2, 0.25) is 0 Å². The first-order valence-electron chi connectivity index (χ1n) is 11.1. The Morgan fingerprint density at radius 1 is 1.17 bits per heavy atom. The lowest BCUT2D eigenvalue weighted by Gasteiger charge is -2.46. The van der Waals surface area contributed by atoms with Crippen LogP contribution < -0.4 is 4.90 Å². The van der Waals surface area contributed by atoms with Gasteiger partial charge in [0, 0.05) is 31.2 Å². The molecule has 3 fully saturated rings. The summed E-state index contributed by atoms with van der Waals surface area (Å²) in [4.78, 5) is 21.6. The van der Waals surface area contributed by atoms with Gasteiger partial charge in [-0.05, 0) is 54.5 Å². The maximum Gasteiger partial charge on any atom is 0.266 e. The van der Waals surface area contributed by atoms with Crippen molar-refractivity contribution in [1.82, 2.24) is 15.0 Å². The zero-order valence-electron chi connectivity index (χ0n) is 17.8. The van der Waals surface area contributed by atoms with Crippen molar-refractivity contribution >= 4 is 11.9 Å². The number of likely N-dealkylation sites (tertiary alicyclic amines) is 1. The van der Waals surface area contributed by atoms with Crippen LogP contribution in [0.4, 0.5) is 5.95 Å². The summed E-state index contributed by atoms with van der Waals surface area (Å²) in [5.41, 5.74) is 2.05. The SMILES string of the molecule is CC(C)c1ccc(C(=O)N2CCC(c3nc(N4CC5(CCCO5)C4)no3)CC2)cc1. The molecular weight excluding hydrogens is 380 g/mol. The van der Waals surface area contributed by atoms with Gasteiger partial charge in [-0.25, -0.2) is 0 Å². The minimum Gasteiger partial charge on any atom is -0.371 e. The summed E-state index contributed by atoms with van der Waals surface area (Å²) >= 11 is 0. The highest BCUT2D eigenvalue weighted by Gasteiger charge is 2.48. The average Bonchev–Trinajstić information content (AvgIpc) is 3.42. The standard InChI is InChI=1S/C23H30N4O3/c1-16(2)17-4-6-19(7-5-17)21(28)26-11-8-18(9-12-26)20-24-22(25-30-20)27-14-23(15-27)10-3-13-29-23/h4-7,16,18H,3,8-15H2,1-2H3. The number of ether oxygens (including phenoxy) is 1. The Morgan fingerprint density at radius 2 is 1.90 bits per heavy atom. The minimum atomic E-state index is 0.0276. The quantitative estimate of drug-likeness (QED) is 0.767. The Balaban J connectivity index is 1.15. The molecule has 1 aromatic heterocycles. The van der Waals surface area contributed by atoms with Crippen molar-refractivity contribution in [3.63, 3.8) is 0 Å². The Morgan fingerprint density at radius 3 is 2.53 bits per heavy atom. The lowest BCUT2D eigenvalue weighted by molar-refractivity contribution is -0.0189. The van der Waals surface area contributed by atoms with E-state index in [0.29, 0.717) is 30.8 Å². The molecule has 4 heterocycles. The molecule has 3 saturated heterocycles. The Hall–Kier alpha value is -2.41. The molecule has 1 spiro atoms. The van der Waals surface area contributed by atoms with Crippen LogP contribution in [0.5, 0.6) is 0 Å². The van der Waals surface area contributed by atoms with Crippen molar-refractivity contribution in [2.45, 2.75) is 57.0 Å². The van der Waals surface area contributed by atoms with E-state index in [0.717, 1.165) is 50.9 Å². The molecule has 160 valence electrons. The van der Waals surface area contributed by atoms with Crippen LogP contribution in [-0.2, 0) is 4.74 Å². The molecule has 2 aromatic rings. The molecule has 0 radical (unpaired) electrons. The second-order valence-electron chi connectivity index (χ2n) is 9.27. The van der Waals surface area contributed by atoms with Gasteiger partial charge in [-0.1, -0.05) is 26.0 Å². The van der Waals surface area contributed by atoms with Crippen LogP contribution in [0.3, 0.4) is 0 Å². The zero-order chi connectivity index (χ0) is 20.7. The number of aromatic nitrogens is 2. The summed E-state index contributed by atoms with van der Waals surface area (Å²) in [5, 5.41) is 4.20. The molecule has 0 bridgehead atoms. The highest BCUT2D eigenvalue weighted by molar-refractivity contribution is 5.94. The lowest BCUT2D eigenvalue weighted by atomic mass is 9.91. The first-order chi connectivity index (χ1) is 14.5. The van der Waals surface area contributed by atoms with E-state index in [2.05, 4.69) is 41.0 Å². The largest absolute Gasteiger partial charge is 0.371 e. The molecule has 0 atom stereocenters. The molecule has 1 aromatic carbocycles. The van der Waals surface area contributed by atoms with Crippen LogP contribution in [0.15, 0.2) is 28.8 Å². The van der Waals surface area contributed by atoms with E-state index in [1.165, 1.54) is 5.56 Å². The van der Waals surface area contributed by atoms with Crippen LogP contribution >= 0.6 is 0 Å². The molecule has 0 unspecified atom stereocenters. The number of benzene rings is 1. The van der Waals surface area contributed by atoms with Crippen molar-refractivity contribution in [1.29, 1.82) is 0 Å². The molecular formula is C23H30N4O3. The van der Waals surface area contributed by atoms with Crippen LogP contribution in [-0.4, -0.2) is 59.3 Å². The summed E-state index contributed by atoms with van der Waals surface area (Å²) in [6.07, 6.45) is 3.97. The van der Waals surface area contributed by atoms with Crippen molar-refractivity contribution in [3.05, 3.63) is 41.3 Å². The lowest BCUT2D eigenvalue weighted by Crippen LogP contribution is -2.62. The van der Waals surface area contributed by atoms with Crippen molar-refractivity contribution < 1.29 is 14.1 Å². The van der Waals surface area contributed by atoms with Gasteiger partial charge in [0.25, 0.3) is 11.9 Å². The topological polar surface area (TPSA) is 71.7 Å². The summed E-state index contributed by atoms with van der Waals surface area (Å²) in [7, 11) is 0. The highest BCUT2D eigenvalue weighted by atomic mass is 16.5. The van der Waals surface area contributed by atoms with Gasteiger partial charge in [-0.15, -0.1) is 0 Å². The molecule has 3 aliphatic rings. The van der Waals surface area contributed by atoms with E-state index in [1.807, 2.05) is 17.0 Å². The van der Waals surface area contributed by atoms with Gasteiger partial charge in [-0.2, -0.15) is 4.98 Å². The van der Waals surface area contributed by atoms with Crippen LogP contribution in [0.1, 0.15) is 73.2 Å². The number of piperidine rings is 1. The number of hydrogen-bond donors (Lipinski definition) is 0. The Labute approximate surface area is 177 Å². The monoisotopic (exact) mass is 410 g/mol. The van der Waals surface area contributed by atoms with E-state index in [9.17, 15) is 4.79 Å². The smallest absolute Gasteiger partial charge is 0.266 e. The fourth-order valence-corrected chi connectivity index (χ4v) is 4.84. The third-order valence-corrected chi connectivity index (χ3v) is 6.81. The van der Waals surface area contributed by atoms with Gasteiger partial charge in [-0.3, -0.25) is 4.79 Å². The molecule has 0 saturated carbocycles. The molecule has 3 aliphatic heterocycles. The molecule has 1 amide bonds. The molecule has 7 heteroatoms. The van der Waals surface area contributed by atoms with Crippen LogP contribution in [0, 0.1) is 0 Å². The molecule has 7 nitrogen and oxygen atoms in total. The Kier molecular flexibility index (Phi) is 5.01. The molecule has 0 aliphatic carbocycles. The minimum absolute atomic E-state index is 0.0276. The van der Waals surface area contributed by atoms with Gasteiger partial charge < -0.3 is 19.1 Å². The normalized spacial score (nSPS) is 21.4. The predicted octanol–water partition coefficient (Wildman–Crippen LogP) is 3.58. The molecule has 0 N–H and O–H groups in total. The molecule has 30 heavy (non-hydrogen) atoms. The number of anilines is 1. The fraction of sp³-hybridized carbons (Fsp3) is 0.609. The third kappa shape index (κ3) is 3.60. The van der Waals surface area contributed by atoms with Gasteiger partial charge in [0.2, 0.25) is 5.89 Å². The van der Waals surface area contributed by atoms with Crippen molar-refractivity contribution in [2.24, 2.45) is 0 Å². The van der Waals surface area contributed by atoms with E-state index in [-0.39, 0.29) is 17.4 Å². The predicted molar refractivity (Wildman–Crippen MR) is 113 cm³/mol. The molecule has 5 rings (SSSR count). The first kappa shape index (κ1) is 19.5. The van der Waals surface area contributed by atoms with Gasteiger partial charge >= 0.3 is 0 Å². The van der Waals surface area contributed by atoms with E-state index < -0.39 is 0 Å². The highest BCUT2D eigenvalue weighted by Crippen LogP contribution is 2.37. The number of hydrogen-bond acceptors (Lipinski definition) is 6. The second kappa shape index (κ2) is 7.69. The zero-order valence-corrected chi connectivity index (χ0v) is 17.8. The van der Waals surface area contributed by atoms with Crippen molar-refractivity contribution in [3.8, 4) is 0 Å². The summed E-state index contributed by atoms with van der Waals surface area (Å²) < 4.78 is 11.5. The summed E-state index contributed by atoms with van der Waals surface area (Å²) in [6.45, 7) is 8.33. The maximum absolute atomic E-state index is 12.8. The van der Waals surface area contributed by atoms with Gasteiger partial charge in [0.15, 0.2) is 0 Å². The summed E-state index contributed by atoms with van der Waals surface area (Å²) in [6, 6.07) is 8.01. The van der Waals surface area contributed by atoms with Gasteiger partial charge in [0.05, 0.1) is 13.1 Å². The third-order valence-electron chi connectivity index (χ3n) is 6.81. The van der Waals surface area contributed by atoms with E-state index in [4.69, 9.17) is 9.26 Å². The maximum atomic E-state index is 12.8.